The maximum absolute atomic E-state index is 12.4. The lowest BCUT2D eigenvalue weighted by Gasteiger charge is -2.11. The van der Waals surface area contributed by atoms with E-state index < -0.39 is 6.61 Å². The van der Waals surface area contributed by atoms with Crippen LogP contribution in [0.2, 0.25) is 0 Å². The third-order valence-corrected chi connectivity index (χ3v) is 3.66. The van der Waals surface area contributed by atoms with Gasteiger partial charge in [-0.2, -0.15) is 8.78 Å². The number of aryl methyl sites for hydroxylation is 1. The Morgan fingerprint density at radius 2 is 1.88 bits per heavy atom. The van der Waals surface area contributed by atoms with Gasteiger partial charge >= 0.3 is 6.61 Å². The van der Waals surface area contributed by atoms with Crippen LogP contribution in [0.3, 0.4) is 0 Å². The summed E-state index contributed by atoms with van der Waals surface area (Å²) in [5.41, 5.74) is 2.85. The van der Waals surface area contributed by atoms with Crippen LogP contribution in [-0.4, -0.2) is 26.2 Å². The molecule has 0 aromatic heterocycles. The summed E-state index contributed by atoms with van der Waals surface area (Å²) >= 11 is 0. The Hall–Kier alpha value is -2.89. The molecule has 0 unspecified atom stereocenters. The van der Waals surface area contributed by atoms with E-state index in [1.165, 1.54) is 19.3 Å². The standard InChI is InChI=1S/C20H21F2NO3/c1-14-3-5-15(6-4-14)8-10-19(24)23-12-11-16-7-9-17(25-2)18(13-16)26-20(21)22/h3-10,13,20H,11-12H2,1-2H3,(H,23,24)/b10-8+. The lowest BCUT2D eigenvalue weighted by Crippen LogP contribution is -2.23. The molecule has 0 spiro atoms. The molecule has 0 aliphatic carbocycles. The van der Waals surface area contributed by atoms with Crippen LogP contribution in [0.5, 0.6) is 11.5 Å². The van der Waals surface area contributed by atoms with Crippen molar-refractivity contribution in [2.24, 2.45) is 0 Å². The fourth-order valence-corrected chi connectivity index (χ4v) is 2.30. The summed E-state index contributed by atoms with van der Waals surface area (Å²) in [6, 6.07) is 12.6. The molecule has 0 fully saturated rings. The number of amides is 1. The topological polar surface area (TPSA) is 47.6 Å². The van der Waals surface area contributed by atoms with E-state index in [0.717, 1.165) is 16.7 Å². The van der Waals surface area contributed by atoms with E-state index in [0.29, 0.717) is 13.0 Å². The monoisotopic (exact) mass is 361 g/mol. The maximum Gasteiger partial charge on any atom is 0.387 e. The molecule has 0 aliphatic heterocycles. The van der Waals surface area contributed by atoms with Crippen LogP contribution < -0.4 is 14.8 Å². The highest BCUT2D eigenvalue weighted by molar-refractivity contribution is 5.91. The minimum absolute atomic E-state index is 0.0226. The molecule has 2 aromatic rings. The summed E-state index contributed by atoms with van der Waals surface area (Å²) in [6.45, 7) is -0.556. The van der Waals surface area contributed by atoms with Crippen molar-refractivity contribution in [1.29, 1.82) is 0 Å². The molecule has 0 atom stereocenters. The summed E-state index contributed by atoms with van der Waals surface area (Å²) in [5.74, 6) is -0.00662. The zero-order valence-electron chi connectivity index (χ0n) is 14.7. The van der Waals surface area contributed by atoms with Gasteiger partial charge in [0.1, 0.15) is 0 Å². The molecule has 1 N–H and O–H groups in total. The first-order valence-electron chi connectivity index (χ1n) is 8.12. The molecule has 0 heterocycles. The molecule has 138 valence electrons. The van der Waals surface area contributed by atoms with Gasteiger partial charge in [0, 0.05) is 12.6 Å². The highest BCUT2D eigenvalue weighted by atomic mass is 19.3. The number of nitrogens with one attached hydrogen (secondary N) is 1. The molecule has 0 saturated heterocycles. The van der Waals surface area contributed by atoms with Crippen molar-refractivity contribution in [3.63, 3.8) is 0 Å². The molecule has 0 radical (unpaired) electrons. The predicted octanol–water partition coefficient (Wildman–Crippen LogP) is 3.98. The van der Waals surface area contributed by atoms with Crippen LogP contribution in [0, 0.1) is 6.92 Å². The lowest BCUT2D eigenvalue weighted by molar-refractivity contribution is -0.116. The van der Waals surface area contributed by atoms with Gasteiger partial charge in [0.15, 0.2) is 11.5 Å². The van der Waals surface area contributed by atoms with E-state index in [2.05, 4.69) is 10.1 Å². The fraction of sp³-hybridized carbons (Fsp3) is 0.250. The Balaban J connectivity index is 1.86. The molecule has 0 saturated carbocycles. The van der Waals surface area contributed by atoms with Gasteiger partial charge in [-0.25, -0.2) is 0 Å². The zero-order valence-corrected chi connectivity index (χ0v) is 14.7. The third-order valence-electron chi connectivity index (χ3n) is 3.66. The minimum atomic E-state index is -2.93. The molecule has 0 bridgehead atoms. The Kier molecular flexibility index (Phi) is 7.14. The molecular weight excluding hydrogens is 340 g/mol. The van der Waals surface area contributed by atoms with Crippen molar-refractivity contribution >= 4 is 12.0 Å². The van der Waals surface area contributed by atoms with Gasteiger partial charge in [-0.3, -0.25) is 4.79 Å². The van der Waals surface area contributed by atoms with Crippen molar-refractivity contribution in [1.82, 2.24) is 5.32 Å². The van der Waals surface area contributed by atoms with E-state index in [4.69, 9.17) is 4.74 Å². The van der Waals surface area contributed by atoms with E-state index in [9.17, 15) is 13.6 Å². The SMILES string of the molecule is COc1ccc(CCNC(=O)/C=C/c2ccc(C)cc2)cc1OC(F)F. The zero-order chi connectivity index (χ0) is 18.9. The van der Waals surface area contributed by atoms with Gasteiger partial charge in [0.25, 0.3) is 0 Å². The van der Waals surface area contributed by atoms with Crippen molar-refractivity contribution in [3.05, 3.63) is 65.2 Å². The number of benzene rings is 2. The second-order valence-corrected chi connectivity index (χ2v) is 5.65. The van der Waals surface area contributed by atoms with Crippen LogP contribution in [0.25, 0.3) is 6.08 Å². The molecule has 2 aromatic carbocycles. The van der Waals surface area contributed by atoms with Gasteiger partial charge in [0.2, 0.25) is 5.91 Å². The summed E-state index contributed by atoms with van der Waals surface area (Å²) in [7, 11) is 1.38. The second kappa shape index (κ2) is 9.56. The molecular formula is C20H21F2NO3. The number of halogens is 2. The van der Waals surface area contributed by atoms with E-state index in [1.807, 2.05) is 31.2 Å². The van der Waals surface area contributed by atoms with Crippen LogP contribution in [0.1, 0.15) is 16.7 Å². The van der Waals surface area contributed by atoms with Crippen molar-refractivity contribution in [2.45, 2.75) is 20.0 Å². The Labute approximate surface area is 151 Å². The first-order valence-corrected chi connectivity index (χ1v) is 8.12. The summed E-state index contributed by atoms with van der Waals surface area (Å²) in [4.78, 5) is 11.8. The second-order valence-electron chi connectivity index (χ2n) is 5.65. The minimum Gasteiger partial charge on any atom is -0.493 e. The van der Waals surface area contributed by atoms with Gasteiger partial charge in [-0.05, 0) is 42.7 Å². The molecule has 0 aliphatic rings. The van der Waals surface area contributed by atoms with Crippen molar-refractivity contribution in [2.75, 3.05) is 13.7 Å². The number of rotatable bonds is 8. The van der Waals surface area contributed by atoms with Crippen LogP contribution in [-0.2, 0) is 11.2 Å². The predicted molar refractivity (Wildman–Crippen MR) is 96.6 cm³/mol. The Bertz CT molecular complexity index is 758. The highest BCUT2D eigenvalue weighted by Crippen LogP contribution is 2.29. The van der Waals surface area contributed by atoms with Gasteiger partial charge < -0.3 is 14.8 Å². The average Bonchev–Trinajstić information content (AvgIpc) is 2.61. The Morgan fingerprint density at radius 1 is 1.15 bits per heavy atom. The number of ether oxygens (including phenoxy) is 2. The Morgan fingerprint density at radius 3 is 2.54 bits per heavy atom. The van der Waals surface area contributed by atoms with Crippen molar-refractivity contribution in [3.8, 4) is 11.5 Å². The molecule has 6 heteroatoms. The van der Waals surface area contributed by atoms with E-state index in [-0.39, 0.29) is 17.4 Å². The number of carbonyl (C=O) groups excluding carboxylic acids is 1. The average molecular weight is 361 g/mol. The molecule has 1 amide bonds. The number of hydrogen-bond acceptors (Lipinski definition) is 3. The highest BCUT2D eigenvalue weighted by Gasteiger charge is 2.11. The van der Waals surface area contributed by atoms with Crippen LogP contribution in [0.15, 0.2) is 48.5 Å². The molecule has 4 nitrogen and oxygen atoms in total. The maximum atomic E-state index is 12.4. The first kappa shape index (κ1) is 19.4. The van der Waals surface area contributed by atoms with Gasteiger partial charge in [-0.15, -0.1) is 0 Å². The normalized spacial score (nSPS) is 11.0. The summed E-state index contributed by atoms with van der Waals surface area (Å²) < 4.78 is 34.3. The largest absolute Gasteiger partial charge is 0.493 e. The number of methoxy groups -OCH3 is 1. The lowest BCUT2D eigenvalue weighted by atomic mass is 10.1. The summed E-state index contributed by atoms with van der Waals surface area (Å²) in [5, 5.41) is 2.76. The van der Waals surface area contributed by atoms with Crippen molar-refractivity contribution < 1.29 is 23.0 Å². The number of carbonyl (C=O) groups is 1. The molecule has 2 rings (SSSR count). The molecule has 26 heavy (non-hydrogen) atoms. The summed E-state index contributed by atoms with van der Waals surface area (Å²) in [6.07, 6.45) is 3.68. The van der Waals surface area contributed by atoms with Gasteiger partial charge in [0.05, 0.1) is 7.11 Å². The van der Waals surface area contributed by atoms with Gasteiger partial charge in [-0.1, -0.05) is 35.9 Å². The smallest absolute Gasteiger partial charge is 0.387 e. The number of hydrogen-bond donors (Lipinski definition) is 1. The quantitative estimate of drug-likeness (QED) is 0.724. The number of alkyl halides is 2. The first-order chi connectivity index (χ1) is 12.5. The van der Waals surface area contributed by atoms with E-state index >= 15 is 0 Å². The van der Waals surface area contributed by atoms with E-state index in [1.54, 1.807) is 18.2 Å². The van der Waals surface area contributed by atoms with Crippen LogP contribution >= 0.6 is 0 Å². The third kappa shape index (κ3) is 6.20. The van der Waals surface area contributed by atoms with Crippen LogP contribution in [0.4, 0.5) is 8.78 Å². The fourth-order valence-electron chi connectivity index (χ4n) is 2.30.